The Morgan fingerprint density at radius 1 is 1.36 bits per heavy atom. The molecule has 1 aliphatic rings. The van der Waals surface area contributed by atoms with E-state index in [0.29, 0.717) is 25.5 Å². The second-order valence-electron chi connectivity index (χ2n) is 5.75. The highest BCUT2D eigenvalue weighted by atomic mass is 32.1. The number of aromatic nitrogens is 1. The summed E-state index contributed by atoms with van der Waals surface area (Å²) in [5, 5.41) is 5.48. The van der Waals surface area contributed by atoms with E-state index in [1.807, 2.05) is 24.3 Å². The Kier molecular flexibility index (Phi) is 6.38. The molecule has 1 fully saturated rings. The lowest BCUT2D eigenvalue weighted by atomic mass is 10.2. The van der Waals surface area contributed by atoms with Crippen LogP contribution in [0.3, 0.4) is 0 Å². The van der Waals surface area contributed by atoms with Gasteiger partial charge in [-0.05, 0) is 37.1 Å². The van der Waals surface area contributed by atoms with Crippen LogP contribution in [0.5, 0.6) is 5.75 Å². The Balaban J connectivity index is 1.55. The van der Waals surface area contributed by atoms with Crippen molar-refractivity contribution in [3.8, 4) is 16.3 Å². The number of rotatable bonds is 8. The minimum Gasteiger partial charge on any atom is -0.491 e. The Labute approximate surface area is 151 Å². The summed E-state index contributed by atoms with van der Waals surface area (Å²) in [6, 6.07) is 7.66. The zero-order chi connectivity index (χ0) is 17.5. The molecule has 6 nitrogen and oxygen atoms in total. The van der Waals surface area contributed by atoms with E-state index in [4.69, 9.17) is 14.2 Å². The first-order valence-electron chi connectivity index (χ1n) is 8.34. The Morgan fingerprint density at radius 2 is 2.20 bits per heavy atom. The Hall–Kier alpha value is -1.96. The molecule has 3 rings (SSSR count). The number of hydrogen-bond donors (Lipinski definition) is 1. The third kappa shape index (κ3) is 5.01. The van der Waals surface area contributed by atoms with Gasteiger partial charge in [-0.1, -0.05) is 0 Å². The van der Waals surface area contributed by atoms with Crippen LogP contribution in [0.1, 0.15) is 23.3 Å². The normalized spacial score (nSPS) is 16.8. The number of nitrogens with one attached hydrogen (secondary N) is 1. The van der Waals surface area contributed by atoms with Crippen molar-refractivity contribution in [3.05, 3.63) is 35.3 Å². The van der Waals surface area contributed by atoms with E-state index in [2.05, 4.69) is 10.3 Å². The van der Waals surface area contributed by atoms with Crippen molar-refractivity contribution in [2.75, 3.05) is 33.5 Å². The molecule has 2 aromatic rings. The number of thiazole rings is 1. The fraction of sp³-hybridized carbons (Fsp3) is 0.444. The topological polar surface area (TPSA) is 69.7 Å². The van der Waals surface area contributed by atoms with Gasteiger partial charge >= 0.3 is 0 Å². The van der Waals surface area contributed by atoms with Gasteiger partial charge < -0.3 is 19.5 Å². The standard InChI is InChI=1S/C18H22N2O4S/c1-22-9-10-24-14-6-4-13(5-7-14)18-20-16(12-25-18)17(21)19-11-15-3-2-8-23-15/h4-7,12,15H,2-3,8-11H2,1H3,(H,19,21)/t15-/m1/s1. The number of carbonyl (C=O) groups is 1. The van der Waals surface area contributed by atoms with Crippen LogP contribution in [-0.2, 0) is 9.47 Å². The molecular weight excluding hydrogens is 340 g/mol. The van der Waals surface area contributed by atoms with Gasteiger partial charge in [-0.15, -0.1) is 11.3 Å². The van der Waals surface area contributed by atoms with Crippen molar-refractivity contribution in [1.82, 2.24) is 10.3 Å². The van der Waals surface area contributed by atoms with Gasteiger partial charge in [-0.2, -0.15) is 0 Å². The average Bonchev–Trinajstić information content (AvgIpc) is 3.32. The van der Waals surface area contributed by atoms with E-state index in [1.165, 1.54) is 11.3 Å². The van der Waals surface area contributed by atoms with E-state index in [0.717, 1.165) is 35.8 Å². The summed E-state index contributed by atoms with van der Waals surface area (Å²) in [4.78, 5) is 16.6. The van der Waals surface area contributed by atoms with E-state index in [-0.39, 0.29) is 12.0 Å². The lowest BCUT2D eigenvalue weighted by Crippen LogP contribution is -2.31. The number of hydrogen-bond acceptors (Lipinski definition) is 6. The van der Waals surface area contributed by atoms with Gasteiger partial charge in [0.15, 0.2) is 0 Å². The fourth-order valence-electron chi connectivity index (χ4n) is 2.55. The average molecular weight is 362 g/mol. The molecule has 1 saturated heterocycles. The zero-order valence-electron chi connectivity index (χ0n) is 14.2. The monoisotopic (exact) mass is 362 g/mol. The van der Waals surface area contributed by atoms with Gasteiger partial charge in [-0.3, -0.25) is 4.79 Å². The predicted octanol–water partition coefficient (Wildman–Crippen LogP) is 2.74. The summed E-state index contributed by atoms with van der Waals surface area (Å²) in [6.07, 6.45) is 2.20. The van der Waals surface area contributed by atoms with Gasteiger partial charge in [0, 0.05) is 31.2 Å². The number of ether oxygens (including phenoxy) is 3. The minimum absolute atomic E-state index is 0.132. The first-order chi connectivity index (χ1) is 12.3. The van der Waals surface area contributed by atoms with Gasteiger partial charge in [0.05, 0.1) is 12.7 Å². The van der Waals surface area contributed by atoms with Crippen LogP contribution in [0, 0.1) is 0 Å². The van der Waals surface area contributed by atoms with Gasteiger partial charge in [0.2, 0.25) is 0 Å². The smallest absolute Gasteiger partial charge is 0.270 e. The molecule has 0 bridgehead atoms. The molecule has 1 N–H and O–H groups in total. The molecule has 134 valence electrons. The van der Waals surface area contributed by atoms with Crippen LogP contribution < -0.4 is 10.1 Å². The molecule has 25 heavy (non-hydrogen) atoms. The maximum Gasteiger partial charge on any atom is 0.270 e. The van der Waals surface area contributed by atoms with Gasteiger partial charge in [0.25, 0.3) is 5.91 Å². The fourth-order valence-corrected chi connectivity index (χ4v) is 3.36. The highest BCUT2D eigenvalue weighted by molar-refractivity contribution is 7.13. The lowest BCUT2D eigenvalue weighted by molar-refractivity contribution is 0.0854. The van der Waals surface area contributed by atoms with Crippen LogP contribution in [0.25, 0.3) is 10.6 Å². The third-order valence-electron chi connectivity index (χ3n) is 3.91. The molecule has 1 amide bonds. The molecule has 0 spiro atoms. The second-order valence-corrected chi connectivity index (χ2v) is 6.61. The lowest BCUT2D eigenvalue weighted by Gasteiger charge is -2.09. The summed E-state index contributed by atoms with van der Waals surface area (Å²) in [5.41, 5.74) is 1.40. The van der Waals surface area contributed by atoms with Gasteiger partial charge in [-0.25, -0.2) is 4.98 Å². The molecule has 1 aromatic carbocycles. The Bertz CT molecular complexity index is 681. The van der Waals surface area contributed by atoms with Crippen LogP contribution in [0.4, 0.5) is 0 Å². The van der Waals surface area contributed by atoms with Crippen LogP contribution in [0.2, 0.25) is 0 Å². The first-order valence-corrected chi connectivity index (χ1v) is 9.22. The minimum atomic E-state index is -0.155. The molecule has 1 atom stereocenters. The number of benzene rings is 1. The van der Waals surface area contributed by atoms with Crippen LogP contribution >= 0.6 is 11.3 Å². The first kappa shape index (κ1) is 17.8. The molecule has 0 unspecified atom stereocenters. The van der Waals surface area contributed by atoms with E-state index in [9.17, 15) is 4.79 Å². The quantitative estimate of drug-likeness (QED) is 0.731. The molecule has 2 heterocycles. The van der Waals surface area contributed by atoms with E-state index < -0.39 is 0 Å². The number of amides is 1. The van der Waals surface area contributed by atoms with Crippen molar-refractivity contribution < 1.29 is 19.0 Å². The maximum absolute atomic E-state index is 12.2. The van der Waals surface area contributed by atoms with Crippen molar-refractivity contribution >= 4 is 17.2 Å². The molecule has 0 radical (unpaired) electrons. The van der Waals surface area contributed by atoms with Crippen molar-refractivity contribution in [2.45, 2.75) is 18.9 Å². The molecular formula is C18H22N2O4S. The van der Waals surface area contributed by atoms with Gasteiger partial charge in [0.1, 0.15) is 23.1 Å². The molecule has 1 aliphatic heterocycles. The number of nitrogens with zero attached hydrogens (tertiary/aromatic N) is 1. The predicted molar refractivity (Wildman–Crippen MR) is 96.2 cm³/mol. The SMILES string of the molecule is COCCOc1ccc(-c2nc(C(=O)NC[C@H]3CCCO3)cs2)cc1. The summed E-state index contributed by atoms with van der Waals surface area (Å²) in [5.74, 6) is 0.629. The van der Waals surface area contributed by atoms with Crippen molar-refractivity contribution in [3.63, 3.8) is 0 Å². The summed E-state index contributed by atoms with van der Waals surface area (Å²) < 4.78 is 16.0. The largest absolute Gasteiger partial charge is 0.491 e. The van der Waals surface area contributed by atoms with Crippen molar-refractivity contribution in [2.24, 2.45) is 0 Å². The third-order valence-corrected chi connectivity index (χ3v) is 4.80. The summed E-state index contributed by atoms with van der Waals surface area (Å²) >= 11 is 1.45. The molecule has 7 heteroatoms. The Morgan fingerprint density at radius 3 is 2.92 bits per heavy atom. The zero-order valence-corrected chi connectivity index (χ0v) is 15.0. The highest BCUT2D eigenvalue weighted by Crippen LogP contribution is 2.25. The number of methoxy groups -OCH3 is 1. The van der Waals surface area contributed by atoms with Crippen LogP contribution in [-0.4, -0.2) is 50.5 Å². The summed E-state index contributed by atoms with van der Waals surface area (Å²) in [7, 11) is 1.64. The van der Waals surface area contributed by atoms with E-state index in [1.54, 1.807) is 12.5 Å². The van der Waals surface area contributed by atoms with E-state index >= 15 is 0 Å². The molecule has 0 aliphatic carbocycles. The highest BCUT2D eigenvalue weighted by Gasteiger charge is 2.18. The summed E-state index contributed by atoms with van der Waals surface area (Å²) in [6.45, 7) is 2.40. The van der Waals surface area contributed by atoms with Crippen LogP contribution in [0.15, 0.2) is 29.6 Å². The maximum atomic E-state index is 12.2. The molecule has 0 saturated carbocycles. The number of carbonyl (C=O) groups excluding carboxylic acids is 1. The second kappa shape index (κ2) is 8.94. The molecule has 1 aromatic heterocycles. The van der Waals surface area contributed by atoms with Crippen molar-refractivity contribution in [1.29, 1.82) is 0 Å².